The standard InChI is InChI=1S/C18H22N2O2/c1-13-5-4-6-14(11-13)12-17(19)18(21)20(2)15-7-9-16(22-3)10-8-15/h4-11,17H,12,19H2,1-3H3. The van der Waals surface area contributed by atoms with Gasteiger partial charge in [0.05, 0.1) is 13.2 Å². The summed E-state index contributed by atoms with van der Waals surface area (Å²) in [6.45, 7) is 2.03. The van der Waals surface area contributed by atoms with E-state index >= 15 is 0 Å². The van der Waals surface area contributed by atoms with Crippen LogP contribution in [0.1, 0.15) is 11.1 Å². The number of hydrogen-bond donors (Lipinski definition) is 1. The van der Waals surface area contributed by atoms with Crippen LogP contribution in [0.15, 0.2) is 48.5 Å². The first kappa shape index (κ1) is 16.0. The second-order valence-corrected chi connectivity index (χ2v) is 5.39. The first-order chi connectivity index (χ1) is 10.5. The smallest absolute Gasteiger partial charge is 0.243 e. The Hall–Kier alpha value is -2.33. The van der Waals surface area contributed by atoms with Crippen molar-refractivity contribution in [3.63, 3.8) is 0 Å². The van der Waals surface area contributed by atoms with Gasteiger partial charge >= 0.3 is 0 Å². The Labute approximate surface area is 131 Å². The molecule has 0 saturated carbocycles. The molecule has 2 aromatic carbocycles. The summed E-state index contributed by atoms with van der Waals surface area (Å²) in [4.78, 5) is 14.0. The monoisotopic (exact) mass is 298 g/mol. The molecule has 0 fully saturated rings. The molecule has 0 aromatic heterocycles. The summed E-state index contributed by atoms with van der Waals surface area (Å²) in [6.07, 6.45) is 0.529. The molecule has 22 heavy (non-hydrogen) atoms. The molecule has 0 heterocycles. The zero-order valence-corrected chi connectivity index (χ0v) is 13.2. The fourth-order valence-electron chi connectivity index (χ4n) is 2.36. The molecular weight excluding hydrogens is 276 g/mol. The highest BCUT2D eigenvalue weighted by Crippen LogP contribution is 2.19. The van der Waals surface area contributed by atoms with E-state index in [1.807, 2.05) is 49.4 Å². The lowest BCUT2D eigenvalue weighted by Gasteiger charge is -2.22. The minimum absolute atomic E-state index is 0.105. The summed E-state index contributed by atoms with van der Waals surface area (Å²) in [5.74, 6) is 0.653. The zero-order valence-electron chi connectivity index (χ0n) is 13.2. The summed E-state index contributed by atoms with van der Waals surface area (Å²) in [6, 6.07) is 14.8. The number of aryl methyl sites for hydroxylation is 1. The van der Waals surface area contributed by atoms with E-state index in [0.717, 1.165) is 17.0 Å². The Kier molecular flexibility index (Phi) is 5.17. The van der Waals surface area contributed by atoms with E-state index in [-0.39, 0.29) is 5.91 Å². The topological polar surface area (TPSA) is 55.6 Å². The lowest BCUT2D eigenvalue weighted by molar-refractivity contribution is -0.119. The van der Waals surface area contributed by atoms with Crippen molar-refractivity contribution in [1.29, 1.82) is 0 Å². The molecule has 2 N–H and O–H groups in total. The molecule has 2 rings (SSSR count). The van der Waals surface area contributed by atoms with Gasteiger partial charge in [0.25, 0.3) is 0 Å². The van der Waals surface area contributed by atoms with Gasteiger partial charge < -0.3 is 15.4 Å². The molecule has 0 saturated heterocycles. The highest BCUT2D eigenvalue weighted by atomic mass is 16.5. The minimum atomic E-state index is -0.561. The molecule has 0 spiro atoms. The van der Waals surface area contributed by atoms with Gasteiger partial charge in [-0.25, -0.2) is 0 Å². The van der Waals surface area contributed by atoms with Crippen molar-refractivity contribution >= 4 is 11.6 Å². The van der Waals surface area contributed by atoms with Crippen molar-refractivity contribution in [3.8, 4) is 5.75 Å². The van der Waals surface area contributed by atoms with Gasteiger partial charge in [-0.2, -0.15) is 0 Å². The van der Waals surface area contributed by atoms with Crippen LogP contribution >= 0.6 is 0 Å². The molecule has 4 heteroatoms. The molecule has 1 unspecified atom stereocenters. The first-order valence-electron chi connectivity index (χ1n) is 7.24. The molecule has 0 bridgehead atoms. The zero-order chi connectivity index (χ0) is 16.1. The van der Waals surface area contributed by atoms with E-state index < -0.39 is 6.04 Å². The van der Waals surface area contributed by atoms with Gasteiger partial charge in [0.1, 0.15) is 5.75 Å². The van der Waals surface area contributed by atoms with Crippen molar-refractivity contribution in [2.45, 2.75) is 19.4 Å². The predicted octanol–water partition coefficient (Wildman–Crippen LogP) is 2.54. The third-order valence-electron chi connectivity index (χ3n) is 3.65. The number of methoxy groups -OCH3 is 1. The SMILES string of the molecule is COc1ccc(N(C)C(=O)C(N)Cc2cccc(C)c2)cc1. The van der Waals surface area contributed by atoms with Crippen molar-refractivity contribution in [1.82, 2.24) is 0 Å². The van der Waals surface area contributed by atoms with Gasteiger partial charge in [0.15, 0.2) is 0 Å². The molecule has 0 radical (unpaired) electrons. The lowest BCUT2D eigenvalue weighted by atomic mass is 10.0. The summed E-state index contributed by atoms with van der Waals surface area (Å²) in [5, 5.41) is 0. The third kappa shape index (κ3) is 3.86. The van der Waals surface area contributed by atoms with Crippen LogP contribution in [0, 0.1) is 6.92 Å². The summed E-state index contributed by atoms with van der Waals surface area (Å²) >= 11 is 0. The molecule has 116 valence electrons. The van der Waals surface area contributed by atoms with E-state index in [1.54, 1.807) is 19.1 Å². The number of hydrogen-bond acceptors (Lipinski definition) is 3. The van der Waals surface area contributed by atoms with Gasteiger partial charge in [-0.1, -0.05) is 29.8 Å². The van der Waals surface area contributed by atoms with E-state index in [9.17, 15) is 4.79 Å². The quantitative estimate of drug-likeness (QED) is 0.923. The third-order valence-corrected chi connectivity index (χ3v) is 3.65. The molecular formula is C18H22N2O2. The van der Waals surface area contributed by atoms with Crippen LogP contribution in [-0.2, 0) is 11.2 Å². The van der Waals surface area contributed by atoms with Crippen LogP contribution in [-0.4, -0.2) is 26.1 Å². The van der Waals surface area contributed by atoms with Gasteiger partial charge in [-0.15, -0.1) is 0 Å². The van der Waals surface area contributed by atoms with Crippen LogP contribution in [0.3, 0.4) is 0 Å². The molecule has 1 atom stereocenters. The van der Waals surface area contributed by atoms with E-state index in [1.165, 1.54) is 5.56 Å². The number of likely N-dealkylation sites (N-methyl/N-ethyl adjacent to an activating group) is 1. The Bertz CT molecular complexity index is 638. The Morgan fingerprint density at radius 2 is 1.91 bits per heavy atom. The number of nitrogens with zero attached hydrogens (tertiary/aromatic N) is 1. The molecule has 1 amide bonds. The fraction of sp³-hybridized carbons (Fsp3) is 0.278. The average molecular weight is 298 g/mol. The average Bonchev–Trinajstić information content (AvgIpc) is 2.53. The Balaban J connectivity index is 2.05. The van der Waals surface area contributed by atoms with Crippen molar-refractivity contribution in [2.24, 2.45) is 5.73 Å². The number of anilines is 1. The minimum Gasteiger partial charge on any atom is -0.497 e. The van der Waals surface area contributed by atoms with E-state index in [4.69, 9.17) is 10.5 Å². The van der Waals surface area contributed by atoms with Crippen LogP contribution in [0.2, 0.25) is 0 Å². The number of carbonyl (C=O) groups excluding carboxylic acids is 1. The maximum absolute atomic E-state index is 12.5. The van der Waals surface area contributed by atoms with Gasteiger partial charge in [-0.05, 0) is 43.2 Å². The number of carbonyl (C=O) groups is 1. The van der Waals surface area contributed by atoms with E-state index in [2.05, 4.69) is 6.07 Å². The summed E-state index contributed by atoms with van der Waals surface area (Å²) in [7, 11) is 3.35. The van der Waals surface area contributed by atoms with Crippen LogP contribution < -0.4 is 15.4 Å². The van der Waals surface area contributed by atoms with Crippen molar-refractivity contribution < 1.29 is 9.53 Å². The maximum atomic E-state index is 12.5. The lowest BCUT2D eigenvalue weighted by Crippen LogP contribution is -2.43. The summed E-state index contributed by atoms with van der Waals surface area (Å²) in [5.41, 5.74) is 9.11. The number of rotatable bonds is 5. The number of ether oxygens (including phenoxy) is 1. The number of nitrogens with two attached hydrogens (primary N) is 1. The Morgan fingerprint density at radius 1 is 1.23 bits per heavy atom. The fourth-order valence-corrected chi connectivity index (χ4v) is 2.36. The Morgan fingerprint density at radius 3 is 2.50 bits per heavy atom. The van der Waals surface area contributed by atoms with Gasteiger partial charge in [0.2, 0.25) is 5.91 Å². The molecule has 0 aliphatic heterocycles. The largest absolute Gasteiger partial charge is 0.497 e. The highest BCUT2D eigenvalue weighted by Gasteiger charge is 2.19. The highest BCUT2D eigenvalue weighted by molar-refractivity contribution is 5.96. The van der Waals surface area contributed by atoms with Crippen molar-refractivity contribution in [3.05, 3.63) is 59.7 Å². The molecule has 4 nitrogen and oxygen atoms in total. The van der Waals surface area contributed by atoms with Gasteiger partial charge in [-0.3, -0.25) is 4.79 Å². The molecule has 0 aliphatic rings. The summed E-state index contributed by atoms with van der Waals surface area (Å²) < 4.78 is 5.12. The second-order valence-electron chi connectivity index (χ2n) is 5.39. The number of benzene rings is 2. The molecule has 2 aromatic rings. The maximum Gasteiger partial charge on any atom is 0.243 e. The van der Waals surface area contributed by atoms with Crippen LogP contribution in [0.25, 0.3) is 0 Å². The van der Waals surface area contributed by atoms with E-state index in [0.29, 0.717) is 6.42 Å². The normalized spacial score (nSPS) is 11.8. The van der Waals surface area contributed by atoms with Crippen LogP contribution in [0.4, 0.5) is 5.69 Å². The van der Waals surface area contributed by atoms with Crippen molar-refractivity contribution in [2.75, 3.05) is 19.1 Å². The molecule has 0 aliphatic carbocycles. The predicted molar refractivity (Wildman–Crippen MR) is 89.3 cm³/mol. The van der Waals surface area contributed by atoms with Gasteiger partial charge in [0, 0.05) is 12.7 Å². The van der Waals surface area contributed by atoms with Crippen LogP contribution in [0.5, 0.6) is 5.75 Å². The second kappa shape index (κ2) is 7.09. The first-order valence-corrected chi connectivity index (χ1v) is 7.24. The number of amides is 1.